The highest BCUT2D eigenvalue weighted by molar-refractivity contribution is 7.64. The molecule has 0 heterocycles. The lowest BCUT2D eigenvalue weighted by molar-refractivity contribution is 0.553. The second kappa shape index (κ2) is 7.70. The van der Waals surface area contributed by atoms with Gasteiger partial charge in [0.25, 0.3) is 0 Å². The normalized spacial score (nSPS) is 13.9. The molecule has 0 spiro atoms. The van der Waals surface area contributed by atoms with Crippen molar-refractivity contribution in [3.63, 3.8) is 0 Å². The van der Waals surface area contributed by atoms with E-state index in [1.54, 1.807) is 0 Å². The Morgan fingerprint density at radius 1 is 0.920 bits per heavy atom. The molecule has 0 unspecified atom stereocenters. The van der Waals surface area contributed by atoms with Crippen LogP contribution in [0, 0.1) is 0 Å². The summed E-state index contributed by atoms with van der Waals surface area (Å²) >= 11 is 0. The summed E-state index contributed by atoms with van der Waals surface area (Å²) in [5.74, 6) is 0.880. The standard InChI is InChI=1S/C20H37OSi4/c1-17(18-15-13-12-14-16-18)21-23(25(10,11)20(5,6)7)22-24(8,9)19(2,3)4/h12-16H,1H2,2-11H3. The molecule has 0 fully saturated rings. The highest BCUT2D eigenvalue weighted by atomic mass is 29.8. The molecular formula is C20H37OSi4. The van der Waals surface area contributed by atoms with E-state index in [-0.39, 0.29) is 0 Å². The lowest BCUT2D eigenvalue weighted by Crippen LogP contribution is -2.64. The van der Waals surface area contributed by atoms with Gasteiger partial charge in [0, 0.05) is 13.2 Å². The van der Waals surface area contributed by atoms with E-state index in [9.17, 15) is 0 Å². The van der Waals surface area contributed by atoms with E-state index in [0.29, 0.717) is 10.1 Å². The van der Waals surface area contributed by atoms with E-state index in [1.807, 2.05) is 6.07 Å². The van der Waals surface area contributed by atoms with E-state index >= 15 is 0 Å². The van der Waals surface area contributed by atoms with Crippen LogP contribution in [0.2, 0.25) is 36.3 Å². The minimum Gasteiger partial charge on any atom is -0.549 e. The predicted octanol–water partition coefficient (Wildman–Crippen LogP) is 6.46. The molecule has 1 aromatic rings. The Morgan fingerprint density at radius 2 is 1.40 bits per heavy atom. The summed E-state index contributed by atoms with van der Waals surface area (Å²) in [6.45, 7) is 29.0. The maximum atomic E-state index is 6.78. The summed E-state index contributed by atoms with van der Waals surface area (Å²) in [7, 11) is -2.89. The van der Waals surface area contributed by atoms with Gasteiger partial charge in [0.2, 0.25) is 8.08 Å². The van der Waals surface area contributed by atoms with Crippen LogP contribution in [0.1, 0.15) is 47.1 Å². The van der Waals surface area contributed by atoms with Gasteiger partial charge < -0.3 is 4.43 Å². The Kier molecular flexibility index (Phi) is 6.99. The third-order valence-corrected chi connectivity index (χ3v) is 43.7. The topological polar surface area (TPSA) is 9.23 Å². The fourth-order valence-electron chi connectivity index (χ4n) is 1.93. The lowest BCUT2D eigenvalue weighted by atomic mass is 10.2. The fraction of sp³-hybridized carbons (Fsp3) is 0.600. The molecule has 1 aromatic carbocycles. The van der Waals surface area contributed by atoms with Gasteiger partial charge in [-0.05, 0) is 10.1 Å². The van der Waals surface area contributed by atoms with Crippen LogP contribution in [0.3, 0.4) is 0 Å². The molecule has 0 N–H and O–H groups in total. The second-order valence-electron chi connectivity index (χ2n) is 10.1. The van der Waals surface area contributed by atoms with Crippen molar-refractivity contribution in [3.8, 4) is 0 Å². The van der Waals surface area contributed by atoms with Crippen LogP contribution in [0.15, 0.2) is 36.9 Å². The van der Waals surface area contributed by atoms with Crippen molar-refractivity contribution in [2.75, 3.05) is 0 Å². The summed E-state index contributed by atoms with van der Waals surface area (Å²) in [5, 5.41) is 0.745. The number of rotatable bonds is 6. The SMILES string of the molecule is C=C(O[Si]([Si][Si](C)(C)C(C)(C)C)[Si](C)(C)C(C)(C)C)c1ccccc1. The highest BCUT2D eigenvalue weighted by Crippen LogP contribution is 2.41. The zero-order valence-electron chi connectivity index (χ0n) is 18.0. The first kappa shape index (κ1) is 22.7. The number of hydrogen-bond acceptors (Lipinski definition) is 1. The van der Waals surface area contributed by atoms with Gasteiger partial charge in [-0.15, -0.1) is 0 Å². The van der Waals surface area contributed by atoms with Crippen LogP contribution in [0.4, 0.5) is 0 Å². The van der Waals surface area contributed by atoms with Crippen molar-refractivity contribution in [3.05, 3.63) is 42.5 Å². The summed E-state index contributed by atoms with van der Waals surface area (Å²) in [6, 6.07) is 10.4. The third-order valence-electron chi connectivity index (χ3n) is 6.06. The van der Waals surface area contributed by atoms with E-state index in [2.05, 4.69) is 98.6 Å². The fourth-order valence-corrected chi connectivity index (χ4v) is 44.0. The van der Waals surface area contributed by atoms with Crippen LogP contribution in [0.25, 0.3) is 5.76 Å². The van der Waals surface area contributed by atoms with Gasteiger partial charge in [-0.3, -0.25) is 0 Å². The molecule has 0 amide bonds. The van der Waals surface area contributed by atoms with E-state index in [4.69, 9.17) is 4.43 Å². The first-order valence-corrected chi connectivity index (χ1v) is 20.6. The van der Waals surface area contributed by atoms with Crippen molar-refractivity contribution in [2.45, 2.75) is 77.8 Å². The largest absolute Gasteiger partial charge is 0.549 e. The molecule has 25 heavy (non-hydrogen) atoms. The number of benzene rings is 1. The second-order valence-corrected chi connectivity index (χ2v) is 35.4. The number of hydrogen-bond donors (Lipinski definition) is 0. The molecule has 0 atom stereocenters. The Labute approximate surface area is 162 Å². The van der Waals surface area contributed by atoms with Crippen LogP contribution in [0.5, 0.6) is 0 Å². The maximum Gasteiger partial charge on any atom is 0.236 e. The third kappa shape index (κ3) is 5.55. The molecular weight excluding hydrogens is 369 g/mol. The summed E-state index contributed by atoms with van der Waals surface area (Å²) in [6.07, 6.45) is 0. The Morgan fingerprint density at radius 3 is 1.80 bits per heavy atom. The lowest BCUT2D eigenvalue weighted by Gasteiger charge is -2.46. The Hall–Kier alpha value is -0.372. The molecule has 1 nitrogen and oxygen atoms in total. The summed E-state index contributed by atoms with van der Waals surface area (Å²) < 4.78 is 6.78. The van der Waals surface area contributed by atoms with Crippen molar-refractivity contribution in [2.24, 2.45) is 0 Å². The van der Waals surface area contributed by atoms with Gasteiger partial charge in [-0.2, -0.15) is 0 Å². The first-order chi connectivity index (χ1) is 11.1. The van der Waals surface area contributed by atoms with Crippen molar-refractivity contribution < 1.29 is 4.43 Å². The average Bonchev–Trinajstić information content (AvgIpc) is 2.44. The Balaban J connectivity index is 3.19. The molecule has 0 aliphatic heterocycles. The quantitative estimate of drug-likeness (QED) is 0.390. The van der Waals surface area contributed by atoms with E-state index < -0.39 is 23.3 Å². The van der Waals surface area contributed by atoms with Gasteiger partial charge in [-0.25, -0.2) is 0 Å². The van der Waals surface area contributed by atoms with Crippen molar-refractivity contribution >= 4 is 37.6 Å². The molecule has 3 radical (unpaired) electrons. The van der Waals surface area contributed by atoms with Crippen molar-refractivity contribution in [1.82, 2.24) is 0 Å². The highest BCUT2D eigenvalue weighted by Gasteiger charge is 2.51. The van der Waals surface area contributed by atoms with Crippen LogP contribution in [-0.4, -0.2) is 31.8 Å². The Bertz CT molecular complexity index is 580. The van der Waals surface area contributed by atoms with Gasteiger partial charge in [0.15, 0.2) is 0 Å². The van der Waals surface area contributed by atoms with E-state index in [1.165, 1.54) is 0 Å². The molecule has 0 aliphatic rings. The predicted molar refractivity (Wildman–Crippen MR) is 122 cm³/mol. The van der Waals surface area contributed by atoms with E-state index in [0.717, 1.165) is 19.9 Å². The van der Waals surface area contributed by atoms with Crippen molar-refractivity contribution in [1.29, 1.82) is 0 Å². The molecule has 0 saturated carbocycles. The van der Waals surface area contributed by atoms with Gasteiger partial charge in [0.05, 0.1) is 16.1 Å². The molecule has 5 heteroatoms. The van der Waals surface area contributed by atoms with Gasteiger partial charge in [0.1, 0.15) is 5.76 Å². The van der Waals surface area contributed by atoms with Crippen LogP contribution in [-0.2, 0) is 4.43 Å². The molecule has 0 bridgehead atoms. The molecule has 0 aliphatic carbocycles. The summed E-state index contributed by atoms with van der Waals surface area (Å²) in [4.78, 5) is 0. The first-order valence-electron chi connectivity index (χ1n) is 9.17. The average molecular weight is 406 g/mol. The van der Waals surface area contributed by atoms with Crippen LogP contribution < -0.4 is 0 Å². The minimum atomic E-state index is -1.55. The molecule has 0 saturated heterocycles. The van der Waals surface area contributed by atoms with Gasteiger partial charge >= 0.3 is 0 Å². The molecule has 1 rings (SSSR count). The van der Waals surface area contributed by atoms with Gasteiger partial charge in [-0.1, -0.05) is 105 Å². The monoisotopic (exact) mass is 405 g/mol. The zero-order chi connectivity index (χ0) is 19.7. The molecule has 0 aromatic heterocycles. The van der Waals surface area contributed by atoms with Crippen LogP contribution >= 0.6 is 0 Å². The maximum absolute atomic E-state index is 6.78. The smallest absolute Gasteiger partial charge is 0.236 e. The summed E-state index contributed by atoms with van der Waals surface area (Å²) in [5.41, 5.74) is 1.13. The molecule has 139 valence electrons. The zero-order valence-corrected chi connectivity index (χ0v) is 22.0. The minimum absolute atomic E-state index is 0.341.